The number of ether oxygens (including phenoxy) is 2. The molecule has 8 nitrogen and oxygen atoms in total. The number of carboxylic acids is 1. The number of carboxylic acid groups (broad SMARTS) is 1. The van der Waals surface area contributed by atoms with E-state index < -0.39 is 22.8 Å². The average Bonchev–Trinajstić information content (AvgIpc) is 2.44. The van der Waals surface area contributed by atoms with E-state index in [0.29, 0.717) is 0 Å². The monoisotopic (exact) mass is 297 g/mol. The maximum atomic E-state index is 11.6. The van der Waals surface area contributed by atoms with E-state index in [1.54, 1.807) is 6.92 Å². The molecule has 0 aromatic heterocycles. The van der Waals surface area contributed by atoms with Crippen molar-refractivity contribution in [1.29, 1.82) is 0 Å². The molecule has 0 aliphatic rings. The molecule has 1 aromatic carbocycles. The van der Waals surface area contributed by atoms with E-state index in [0.717, 1.165) is 0 Å². The molecule has 114 valence electrons. The fourth-order valence-electron chi connectivity index (χ4n) is 1.77. The summed E-state index contributed by atoms with van der Waals surface area (Å²) in [6, 6.07) is 3.79. The van der Waals surface area contributed by atoms with Crippen LogP contribution in [0.25, 0.3) is 0 Å². The van der Waals surface area contributed by atoms with Crippen molar-refractivity contribution in [2.75, 3.05) is 13.7 Å². The van der Waals surface area contributed by atoms with E-state index in [2.05, 4.69) is 0 Å². The summed E-state index contributed by atoms with van der Waals surface area (Å²) >= 11 is 0. The lowest BCUT2D eigenvalue weighted by atomic mass is 9.98. The predicted octanol–water partition coefficient (Wildman–Crippen LogP) is 1.41. The molecule has 0 heterocycles. The van der Waals surface area contributed by atoms with Gasteiger partial charge in [0.25, 0.3) is 5.69 Å². The van der Waals surface area contributed by atoms with E-state index in [1.807, 2.05) is 0 Å². The van der Waals surface area contributed by atoms with Gasteiger partial charge in [0.15, 0.2) is 5.92 Å². The molecule has 0 fully saturated rings. The lowest BCUT2D eigenvalue weighted by Gasteiger charge is -2.13. The zero-order chi connectivity index (χ0) is 16.0. The van der Waals surface area contributed by atoms with Gasteiger partial charge in [-0.1, -0.05) is 0 Å². The number of hydrogen-bond donors (Lipinski definition) is 1. The summed E-state index contributed by atoms with van der Waals surface area (Å²) in [7, 11) is 1.35. The van der Waals surface area contributed by atoms with Crippen LogP contribution in [0.3, 0.4) is 0 Å². The van der Waals surface area contributed by atoms with Gasteiger partial charge >= 0.3 is 11.9 Å². The second-order valence-corrected chi connectivity index (χ2v) is 4.10. The van der Waals surface area contributed by atoms with Gasteiger partial charge in [0.1, 0.15) is 5.75 Å². The zero-order valence-electron chi connectivity index (χ0n) is 11.6. The van der Waals surface area contributed by atoms with Crippen LogP contribution in [0.2, 0.25) is 0 Å². The predicted molar refractivity (Wildman–Crippen MR) is 71.1 cm³/mol. The molecule has 0 saturated carbocycles. The third kappa shape index (κ3) is 4.16. The lowest BCUT2D eigenvalue weighted by molar-refractivity contribution is -0.384. The highest BCUT2D eigenvalue weighted by Gasteiger charge is 2.29. The topological polar surface area (TPSA) is 116 Å². The molecule has 1 N–H and O–H groups in total. The van der Waals surface area contributed by atoms with Crippen LogP contribution >= 0.6 is 0 Å². The lowest BCUT2D eigenvalue weighted by Crippen LogP contribution is -2.28. The Morgan fingerprint density at radius 2 is 2.10 bits per heavy atom. The Morgan fingerprint density at radius 3 is 2.57 bits per heavy atom. The van der Waals surface area contributed by atoms with Crippen molar-refractivity contribution < 1.29 is 29.1 Å². The highest BCUT2D eigenvalue weighted by atomic mass is 16.6. The van der Waals surface area contributed by atoms with E-state index >= 15 is 0 Å². The minimum Gasteiger partial charge on any atom is -0.496 e. The summed E-state index contributed by atoms with van der Waals surface area (Å²) in [6.45, 7) is 1.61. The number of nitrogens with zero attached hydrogens (tertiary/aromatic N) is 1. The minimum atomic E-state index is -1.44. The number of nitro groups is 1. The van der Waals surface area contributed by atoms with Gasteiger partial charge in [-0.15, -0.1) is 0 Å². The number of carbonyl (C=O) groups is 2. The second-order valence-electron chi connectivity index (χ2n) is 4.10. The maximum Gasteiger partial charge on any atom is 0.320 e. The Bertz CT molecular complexity index is 555. The summed E-state index contributed by atoms with van der Waals surface area (Å²) in [5, 5.41) is 19.9. The number of non-ortho nitro benzene ring substituents is 1. The highest BCUT2D eigenvalue weighted by Crippen LogP contribution is 2.26. The van der Waals surface area contributed by atoms with E-state index in [1.165, 1.54) is 25.3 Å². The first-order valence-electron chi connectivity index (χ1n) is 6.11. The molecular weight excluding hydrogens is 282 g/mol. The largest absolute Gasteiger partial charge is 0.496 e. The molecule has 0 aliphatic heterocycles. The van der Waals surface area contributed by atoms with Crippen LogP contribution in [0.4, 0.5) is 5.69 Å². The molecule has 0 amide bonds. The molecular formula is C13H15NO7. The average molecular weight is 297 g/mol. The van der Waals surface area contributed by atoms with Crippen LogP contribution in [-0.2, 0) is 20.7 Å². The SMILES string of the molecule is CCOC(=O)C(Cc1cc([N+](=O)[O-])ccc1OC)C(=O)O. The van der Waals surface area contributed by atoms with Crippen molar-refractivity contribution >= 4 is 17.6 Å². The van der Waals surface area contributed by atoms with Gasteiger partial charge in [-0.05, 0) is 13.0 Å². The van der Waals surface area contributed by atoms with Crippen LogP contribution in [0.5, 0.6) is 5.75 Å². The maximum absolute atomic E-state index is 11.6. The number of rotatable bonds is 7. The molecule has 0 saturated heterocycles. The highest BCUT2D eigenvalue weighted by molar-refractivity contribution is 5.94. The summed E-state index contributed by atoms with van der Waals surface area (Å²) in [6.07, 6.45) is -0.251. The molecule has 1 atom stereocenters. The van der Waals surface area contributed by atoms with Crippen LogP contribution in [-0.4, -0.2) is 35.7 Å². The van der Waals surface area contributed by atoms with Gasteiger partial charge in [-0.3, -0.25) is 19.7 Å². The number of benzene rings is 1. The summed E-state index contributed by atoms with van der Waals surface area (Å²) in [5.74, 6) is -3.42. The van der Waals surface area contributed by atoms with Crippen molar-refractivity contribution in [2.45, 2.75) is 13.3 Å². The number of carbonyl (C=O) groups excluding carboxylic acids is 1. The fourth-order valence-corrected chi connectivity index (χ4v) is 1.77. The third-order valence-corrected chi connectivity index (χ3v) is 2.77. The molecule has 0 bridgehead atoms. The number of methoxy groups -OCH3 is 1. The number of nitro benzene ring substituents is 1. The van der Waals surface area contributed by atoms with Gasteiger partial charge in [0.05, 0.1) is 18.6 Å². The van der Waals surface area contributed by atoms with Crippen molar-refractivity contribution in [3.63, 3.8) is 0 Å². The van der Waals surface area contributed by atoms with Crippen LogP contribution < -0.4 is 4.74 Å². The molecule has 0 spiro atoms. The van der Waals surface area contributed by atoms with Crippen LogP contribution in [0.15, 0.2) is 18.2 Å². The quantitative estimate of drug-likeness (QED) is 0.350. The standard InChI is InChI=1S/C13H15NO7/c1-3-21-13(17)10(12(15)16)7-8-6-9(14(18)19)4-5-11(8)20-2/h4-6,10H,3,7H2,1-2H3,(H,15,16). The smallest absolute Gasteiger partial charge is 0.320 e. The molecule has 0 radical (unpaired) electrons. The summed E-state index contributed by atoms with van der Waals surface area (Å²) < 4.78 is 9.73. The normalized spacial score (nSPS) is 11.5. The van der Waals surface area contributed by atoms with Gasteiger partial charge in [-0.25, -0.2) is 0 Å². The van der Waals surface area contributed by atoms with E-state index in [-0.39, 0.29) is 30.0 Å². The first-order chi connectivity index (χ1) is 9.90. The van der Waals surface area contributed by atoms with Gasteiger partial charge in [0, 0.05) is 24.1 Å². The van der Waals surface area contributed by atoms with Crippen LogP contribution in [0, 0.1) is 16.0 Å². The van der Waals surface area contributed by atoms with Crippen molar-refractivity contribution in [2.24, 2.45) is 5.92 Å². The minimum absolute atomic E-state index is 0.0503. The van der Waals surface area contributed by atoms with Crippen LogP contribution in [0.1, 0.15) is 12.5 Å². The Hall–Kier alpha value is -2.64. The Labute approximate surface area is 120 Å². The molecule has 8 heteroatoms. The van der Waals surface area contributed by atoms with Gasteiger partial charge in [0.2, 0.25) is 0 Å². The summed E-state index contributed by atoms with van der Waals surface area (Å²) in [5.41, 5.74) is 0.0472. The molecule has 21 heavy (non-hydrogen) atoms. The first-order valence-corrected chi connectivity index (χ1v) is 6.11. The van der Waals surface area contributed by atoms with Gasteiger partial charge in [-0.2, -0.15) is 0 Å². The fraction of sp³-hybridized carbons (Fsp3) is 0.385. The zero-order valence-corrected chi connectivity index (χ0v) is 11.6. The third-order valence-electron chi connectivity index (χ3n) is 2.77. The molecule has 1 rings (SSSR count). The Kier molecular flexibility index (Phi) is 5.65. The van der Waals surface area contributed by atoms with Gasteiger partial charge < -0.3 is 14.6 Å². The number of hydrogen-bond acceptors (Lipinski definition) is 6. The number of esters is 1. The molecule has 1 unspecified atom stereocenters. The second kappa shape index (κ2) is 7.22. The molecule has 0 aliphatic carbocycles. The number of aliphatic carboxylic acids is 1. The van der Waals surface area contributed by atoms with Crippen molar-refractivity contribution in [3.05, 3.63) is 33.9 Å². The molecule has 1 aromatic rings. The Morgan fingerprint density at radius 1 is 1.43 bits per heavy atom. The van der Waals surface area contributed by atoms with E-state index in [9.17, 15) is 19.7 Å². The Balaban J connectivity index is 3.12. The first kappa shape index (κ1) is 16.4. The van der Waals surface area contributed by atoms with Crippen molar-refractivity contribution in [3.8, 4) is 5.75 Å². The summed E-state index contributed by atoms with van der Waals surface area (Å²) in [4.78, 5) is 33.0. The van der Waals surface area contributed by atoms with Crippen molar-refractivity contribution in [1.82, 2.24) is 0 Å². The van der Waals surface area contributed by atoms with E-state index in [4.69, 9.17) is 14.6 Å².